The number of aliphatic hydroxyl groups is 1. The molecule has 0 aliphatic heterocycles. The van der Waals surface area contributed by atoms with Crippen LogP contribution in [0.5, 0.6) is 0 Å². The Morgan fingerprint density at radius 3 is 2.48 bits per heavy atom. The Morgan fingerprint density at radius 2 is 1.71 bits per heavy atom. The van der Waals surface area contributed by atoms with Crippen molar-refractivity contribution < 1.29 is 18.3 Å². The van der Waals surface area contributed by atoms with Crippen LogP contribution in [0.2, 0.25) is 0 Å². The van der Waals surface area contributed by atoms with E-state index in [0.717, 1.165) is 6.07 Å². The Balaban J connectivity index is 2.24. The summed E-state index contributed by atoms with van der Waals surface area (Å²) in [5.74, 6) is -1.05. The second-order valence-electron chi connectivity index (χ2n) is 5.06. The molecule has 0 saturated carbocycles. The van der Waals surface area contributed by atoms with E-state index < -0.39 is 17.7 Å². The van der Waals surface area contributed by atoms with Crippen molar-refractivity contribution in [1.29, 1.82) is 0 Å². The normalized spacial score (nSPS) is 12.8. The van der Waals surface area contributed by atoms with Gasteiger partial charge in [-0.2, -0.15) is 0 Å². The van der Waals surface area contributed by atoms with E-state index in [9.17, 15) is 13.9 Å². The Labute approximate surface area is 120 Å². The Hall–Kier alpha value is -2.20. The highest BCUT2D eigenvalue weighted by atomic mass is 19.1. The molecule has 1 aromatic heterocycles. The molecule has 1 unspecified atom stereocenters. The smallest absolute Gasteiger partial charge is 0.135 e. The lowest BCUT2D eigenvalue weighted by molar-refractivity contribution is 0.208. The first-order chi connectivity index (χ1) is 10.0. The Kier molecular flexibility index (Phi) is 3.26. The number of aryl methyl sites for hydroxylation is 2. The van der Waals surface area contributed by atoms with Gasteiger partial charge in [0.1, 0.15) is 29.1 Å². The van der Waals surface area contributed by atoms with Crippen molar-refractivity contribution in [3.05, 3.63) is 70.5 Å². The van der Waals surface area contributed by atoms with Crippen LogP contribution in [0.25, 0.3) is 11.0 Å². The number of fused-ring (bicyclic) bond motifs is 1. The second kappa shape index (κ2) is 4.97. The van der Waals surface area contributed by atoms with Crippen LogP contribution in [0.1, 0.15) is 28.6 Å². The molecule has 1 N–H and O–H groups in total. The fraction of sp³-hybridized carbons (Fsp3) is 0.176. The molecule has 1 heterocycles. The zero-order valence-corrected chi connectivity index (χ0v) is 11.7. The fourth-order valence-electron chi connectivity index (χ4n) is 2.60. The Morgan fingerprint density at radius 1 is 1.00 bits per heavy atom. The highest BCUT2D eigenvalue weighted by molar-refractivity contribution is 5.83. The molecule has 21 heavy (non-hydrogen) atoms. The van der Waals surface area contributed by atoms with Crippen LogP contribution in [-0.4, -0.2) is 5.11 Å². The van der Waals surface area contributed by atoms with Gasteiger partial charge >= 0.3 is 0 Å². The van der Waals surface area contributed by atoms with Crippen LogP contribution in [-0.2, 0) is 0 Å². The number of rotatable bonds is 2. The molecule has 0 saturated heterocycles. The van der Waals surface area contributed by atoms with Gasteiger partial charge in [0.05, 0.1) is 5.56 Å². The zero-order valence-electron chi connectivity index (χ0n) is 11.7. The van der Waals surface area contributed by atoms with Crippen LogP contribution in [0.15, 0.2) is 40.8 Å². The van der Waals surface area contributed by atoms with Crippen molar-refractivity contribution in [2.24, 2.45) is 0 Å². The van der Waals surface area contributed by atoms with Crippen molar-refractivity contribution in [3.63, 3.8) is 0 Å². The van der Waals surface area contributed by atoms with E-state index in [0.29, 0.717) is 22.3 Å². The van der Waals surface area contributed by atoms with Crippen molar-refractivity contribution in [2.75, 3.05) is 0 Å². The number of hydrogen-bond donors (Lipinski definition) is 1. The number of halogens is 2. The largest absolute Gasteiger partial charge is 0.461 e. The van der Waals surface area contributed by atoms with Crippen LogP contribution >= 0.6 is 0 Å². The quantitative estimate of drug-likeness (QED) is 0.757. The first kappa shape index (κ1) is 13.8. The lowest BCUT2D eigenvalue weighted by Crippen LogP contribution is -2.07. The molecule has 0 fully saturated rings. The predicted molar refractivity (Wildman–Crippen MR) is 76.1 cm³/mol. The summed E-state index contributed by atoms with van der Waals surface area (Å²) in [5, 5.41) is 11.2. The first-order valence-corrected chi connectivity index (χ1v) is 6.61. The van der Waals surface area contributed by atoms with E-state index in [2.05, 4.69) is 0 Å². The van der Waals surface area contributed by atoms with Crippen molar-refractivity contribution in [3.8, 4) is 0 Å². The lowest BCUT2D eigenvalue weighted by Gasteiger charge is -2.14. The minimum Gasteiger partial charge on any atom is -0.461 e. The molecule has 4 heteroatoms. The molecule has 3 rings (SSSR count). The highest BCUT2D eigenvalue weighted by Crippen LogP contribution is 2.36. The van der Waals surface area contributed by atoms with Crippen LogP contribution in [0.3, 0.4) is 0 Å². The molecule has 0 spiro atoms. The van der Waals surface area contributed by atoms with Gasteiger partial charge < -0.3 is 9.52 Å². The average molecular weight is 288 g/mol. The van der Waals surface area contributed by atoms with Gasteiger partial charge in [0.15, 0.2) is 0 Å². The third kappa shape index (κ3) is 2.12. The highest BCUT2D eigenvalue weighted by Gasteiger charge is 2.26. The van der Waals surface area contributed by atoms with Gasteiger partial charge in [0, 0.05) is 10.9 Å². The molecule has 0 aliphatic carbocycles. The Bertz CT molecular complexity index is 821. The van der Waals surface area contributed by atoms with Crippen LogP contribution in [0, 0.1) is 25.5 Å². The fourth-order valence-corrected chi connectivity index (χ4v) is 2.60. The lowest BCUT2D eigenvalue weighted by atomic mass is 9.96. The summed E-state index contributed by atoms with van der Waals surface area (Å²) in [4.78, 5) is 0. The summed E-state index contributed by atoms with van der Waals surface area (Å²) in [6.07, 6.45) is -1.41. The van der Waals surface area contributed by atoms with Gasteiger partial charge in [-0.3, -0.25) is 0 Å². The van der Waals surface area contributed by atoms with Crippen molar-refractivity contribution in [1.82, 2.24) is 0 Å². The topological polar surface area (TPSA) is 33.4 Å². The summed E-state index contributed by atoms with van der Waals surface area (Å²) in [6, 6.07) is 9.61. The molecule has 0 amide bonds. The SMILES string of the molecule is Cc1ccc(F)c(C(O)c2c(C)oc3ccccc23)c1F. The van der Waals surface area contributed by atoms with Crippen molar-refractivity contribution >= 4 is 11.0 Å². The second-order valence-corrected chi connectivity index (χ2v) is 5.06. The number of para-hydroxylation sites is 1. The standard InChI is InChI=1S/C17H14F2O2/c1-9-7-8-12(18)15(16(9)19)17(20)14-10(2)21-13-6-4-3-5-11(13)14/h3-8,17,20H,1-2H3. The molecule has 0 radical (unpaired) electrons. The molecule has 3 aromatic rings. The molecule has 108 valence electrons. The van der Waals surface area contributed by atoms with Crippen molar-refractivity contribution in [2.45, 2.75) is 20.0 Å². The minimum absolute atomic E-state index is 0.288. The van der Waals surface area contributed by atoms with E-state index >= 15 is 0 Å². The summed E-state index contributed by atoms with van der Waals surface area (Å²) in [6.45, 7) is 3.20. The molecular weight excluding hydrogens is 274 g/mol. The van der Waals surface area contributed by atoms with E-state index in [1.165, 1.54) is 13.0 Å². The molecule has 2 nitrogen and oxygen atoms in total. The van der Waals surface area contributed by atoms with Crippen LogP contribution in [0.4, 0.5) is 8.78 Å². The summed E-state index contributed by atoms with van der Waals surface area (Å²) < 4.78 is 33.7. The minimum atomic E-state index is -1.41. The molecule has 0 aliphatic rings. The molecular formula is C17H14F2O2. The van der Waals surface area contributed by atoms with Gasteiger partial charge in [-0.05, 0) is 31.5 Å². The number of hydrogen-bond acceptors (Lipinski definition) is 2. The van der Waals surface area contributed by atoms with E-state index in [1.807, 2.05) is 0 Å². The van der Waals surface area contributed by atoms with Gasteiger partial charge in [0.25, 0.3) is 0 Å². The van der Waals surface area contributed by atoms with Gasteiger partial charge in [0.2, 0.25) is 0 Å². The van der Waals surface area contributed by atoms with E-state index in [1.54, 1.807) is 31.2 Å². The predicted octanol–water partition coefficient (Wildman–Crippen LogP) is 4.41. The summed E-state index contributed by atoms with van der Waals surface area (Å²) >= 11 is 0. The maximum Gasteiger partial charge on any atom is 0.135 e. The van der Waals surface area contributed by atoms with E-state index in [-0.39, 0.29) is 11.1 Å². The maximum absolute atomic E-state index is 14.2. The molecule has 1 atom stereocenters. The van der Waals surface area contributed by atoms with Crippen LogP contribution < -0.4 is 0 Å². The zero-order chi connectivity index (χ0) is 15.1. The molecule has 0 bridgehead atoms. The first-order valence-electron chi connectivity index (χ1n) is 6.61. The van der Waals surface area contributed by atoms with Gasteiger partial charge in [-0.25, -0.2) is 8.78 Å². The number of aliphatic hydroxyl groups excluding tert-OH is 1. The monoisotopic (exact) mass is 288 g/mol. The maximum atomic E-state index is 14.2. The van der Waals surface area contributed by atoms with Gasteiger partial charge in [-0.1, -0.05) is 24.3 Å². The molecule has 2 aromatic carbocycles. The van der Waals surface area contributed by atoms with E-state index in [4.69, 9.17) is 4.42 Å². The number of benzene rings is 2. The summed E-state index contributed by atoms with van der Waals surface area (Å²) in [7, 11) is 0. The van der Waals surface area contributed by atoms with Gasteiger partial charge in [-0.15, -0.1) is 0 Å². The summed E-state index contributed by atoms with van der Waals surface area (Å²) in [5.41, 5.74) is 0.923. The third-order valence-electron chi connectivity index (χ3n) is 3.69. The third-order valence-corrected chi connectivity index (χ3v) is 3.69. The number of furan rings is 1. The average Bonchev–Trinajstić information content (AvgIpc) is 2.79.